The number of nitrogens with one attached hydrogen (secondary N) is 13. The lowest BCUT2D eigenvalue weighted by atomic mass is 10.0. The number of unbranched alkanes of at least 4 members (excludes halogenated alkanes) is 13. The summed E-state index contributed by atoms with van der Waals surface area (Å²) < 4.78 is 11.1. The largest absolute Gasteiger partial charge is 0.394 e. The van der Waals surface area contributed by atoms with Gasteiger partial charge >= 0.3 is 0 Å². The lowest BCUT2D eigenvalue weighted by Gasteiger charge is -2.28. The van der Waals surface area contributed by atoms with Crippen molar-refractivity contribution in [2.45, 2.75) is 248 Å². The lowest BCUT2D eigenvalue weighted by Crippen LogP contribution is -2.61. The van der Waals surface area contributed by atoms with Gasteiger partial charge in [-0.25, -0.2) is 4.98 Å². The van der Waals surface area contributed by atoms with Gasteiger partial charge in [-0.1, -0.05) is 152 Å². The summed E-state index contributed by atoms with van der Waals surface area (Å²) in [5.41, 5.74) is 25.0. The number of aliphatic imine (C=N–C) groups is 1. The van der Waals surface area contributed by atoms with Gasteiger partial charge in [0.2, 0.25) is 76.8 Å². The lowest BCUT2D eigenvalue weighted by molar-refractivity contribution is -0.137. The number of amides is 13. The summed E-state index contributed by atoms with van der Waals surface area (Å²) in [6.45, 7) is 3.07. The molecule has 13 amide bonds. The molecule has 1 aliphatic rings. The van der Waals surface area contributed by atoms with Crippen LogP contribution >= 0.6 is 0 Å². The van der Waals surface area contributed by atoms with Crippen LogP contribution in [0.15, 0.2) is 78.3 Å². The van der Waals surface area contributed by atoms with E-state index in [1.54, 1.807) is 55.6 Å². The normalized spacial score (nSPS) is 18.5. The van der Waals surface area contributed by atoms with Gasteiger partial charge in [0.15, 0.2) is 5.96 Å². The molecule has 0 unspecified atom stereocenters. The molecule has 0 aliphatic carbocycles. The van der Waals surface area contributed by atoms with Crippen molar-refractivity contribution in [3.8, 4) is 0 Å². The number of nitrogens with two attached hydrogens (primary N) is 4. The number of carbonyl (C=O) groups excluding carboxylic acids is 13. The third-order valence-corrected chi connectivity index (χ3v) is 19.1. The van der Waals surface area contributed by atoms with E-state index in [1.165, 1.54) is 76.7 Å². The second-order valence-corrected chi connectivity index (χ2v) is 28.4. The Balaban J connectivity index is 1.29. The first-order valence-electron chi connectivity index (χ1n) is 39.7. The summed E-state index contributed by atoms with van der Waals surface area (Å²) in [5, 5.41) is 40.2. The quantitative estimate of drug-likeness (QED) is 0.0164. The van der Waals surface area contributed by atoms with Gasteiger partial charge in [-0.05, 0) is 68.6 Å². The van der Waals surface area contributed by atoms with Crippen LogP contribution in [0.25, 0.3) is 10.9 Å². The molecule has 5 rings (SSSR count). The van der Waals surface area contributed by atoms with Crippen LogP contribution in [-0.4, -0.2) is 210 Å². The molecule has 4 aromatic rings. The number of aliphatic hydroxyl groups is 1. The Hall–Kier alpha value is -10.6. The van der Waals surface area contributed by atoms with Gasteiger partial charge in [-0.15, -0.1) is 0 Å². The Bertz CT molecular complexity index is 3650. The summed E-state index contributed by atoms with van der Waals surface area (Å²) in [6.07, 6.45) is 19.3. The van der Waals surface area contributed by atoms with E-state index in [0.29, 0.717) is 42.6 Å². The van der Waals surface area contributed by atoms with Crippen LogP contribution in [0.2, 0.25) is 0 Å². The second kappa shape index (κ2) is 53.4. The first kappa shape index (κ1) is 93.1. The maximum absolute atomic E-state index is 14.9. The molecule has 1 saturated heterocycles. The molecule has 2 aromatic carbocycles. The van der Waals surface area contributed by atoms with Crippen molar-refractivity contribution in [2.24, 2.45) is 27.9 Å². The fourth-order valence-corrected chi connectivity index (χ4v) is 12.7. The van der Waals surface area contributed by atoms with Crippen LogP contribution < -0.4 is 81.4 Å². The van der Waals surface area contributed by atoms with E-state index in [2.05, 4.69) is 85.4 Å². The first-order valence-corrected chi connectivity index (χ1v) is 39.7. The molecule has 35 nitrogen and oxygen atoms in total. The number of guanidine groups is 1. The number of hydrogen-bond acceptors (Lipinski definition) is 18. The highest BCUT2D eigenvalue weighted by Crippen LogP contribution is 2.21. The first-order chi connectivity index (χ1) is 54.5. The number of ether oxygens (including phenoxy) is 2. The molecule has 624 valence electrons. The number of rotatable bonds is 46. The Morgan fingerprint density at radius 1 is 0.602 bits per heavy atom. The fraction of sp³-hybridized carbons (Fsp3) is 0.603. The number of aromatic amines is 2. The van der Waals surface area contributed by atoms with Crippen molar-refractivity contribution in [1.29, 1.82) is 0 Å². The van der Waals surface area contributed by atoms with Crippen LogP contribution in [0, 0.1) is 0 Å². The number of H-pyrrole nitrogens is 2. The van der Waals surface area contributed by atoms with E-state index in [-0.39, 0.29) is 103 Å². The van der Waals surface area contributed by atoms with E-state index in [9.17, 15) is 67.4 Å². The summed E-state index contributed by atoms with van der Waals surface area (Å²) in [4.78, 5) is 196. The van der Waals surface area contributed by atoms with Crippen LogP contribution in [0.3, 0.4) is 0 Å². The van der Waals surface area contributed by atoms with Gasteiger partial charge in [-0.2, -0.15) is 0 Å². The Labute approximate surface area is 660 Å². The summed E-state index contributed by atoms with van der Waals surface area (Å²) in [5.74, 6) is -11.6. The molecule has 0 radical (unpaired) electrons. The van der Waals surface area contributed by atoms with E-state index in [0.717, 1.165) is 30.2 Å². The fourth-order valence-electron chi connectivity index (χ4n) is 12.7. The maximum Gasteiger partial charge on any atom is 0.246 e. The van der Waals surface area contributed by atoms with Gasteiger partial charge < -0.3 is 106 Å². The molecule has 1 aliphatic heterocycles. The van der Waals surface area contributed by atoms with Gasteiger partial charge in [0, 0.05) is 80.7 Å². The van der Waals surface area contributed by atoms with Crippen LogP contribution in [-0.2, 0) is 91.1 Å². The van der Waals surface area contributed by atoms with Crippen molar-refractivity contribution in [1.82, 2.24) is 73.4 Å². The van der Waals surface area contributed by atoms with Gasteiger partial charge in [0.05, 0.1) is 39.2 Å². The zero-order chi connectivity index (χ0) is 82.1. The van der Waals surface area contributed by atoms with E-state index in [1.807, 2.05) is 12.1 Å². The van der Waals surface area contributed by atoms with Gasteiger partial charge in [-0.3, -0.25) is 67.3 Å². The third-order valence-electron chi connectivity index (χ3n) is 19.1. The zero-order valence-electron chi connectivity index (χ0n) is 65.4. The van der Waals surface area contributed by atoms with Crippen LogP contribution in [0.4, 0.5) is 0 Å². The Kier molecular flexibility index (Phi) is 44.0. The zero-order valence-corrected chi connectivity index (χ0v) is 65.4. The van der Waals surface area contributed by atoms with Crippen LogP contribution in [0.5, 0.6) is 0 Å². The number of para-hydroxylation sites is 1. The van der Waals surface area contributed by atoms with Crippen molar-refractivity contribution in [3.63, 3.8) is 0 Å². The van der Waals surface area contributed by atoms with Crippen LogP contribution in [0.1, 0.15) is 191 Å². The summed E-state index contributed by atoms with van der Waals surface area (Å²) in [6, 6.07) is 1.56. The average molecular weight is 1580 g/mol. The predicted octanol–water partition coefficient (Wildman–Crippen LogP) is 0.590. The van der Waals surface area contributed by atoms with E-state index in [4.69, 9.17) is 32.4 Å². The molecular weight excluding hydrogens is 1460 g/mol. The SMILES string of the molecule is CCCCCCCCCCCCCCCC(=O)NCCOCCOCC(=O)N[C@@H](Cc1cnc[nH]1)C(=O)N[C@@H](CO)C(=O)N[C@@H](CCCC)C(=O)N[C@H]1CCC(=O)NCCCC[C@H](C(N)=O)NC(=O)[C@H](Cc2c[nH]c3ccccc23)NC(=O)[C@H](CCCN=C(N)N)NC(=O)[C@@H](Cc2ccccc2)NC(=O)[C@H](CC(N)=O)NC1=O. The molecule has 2 aromatic heterocycles. The number of nitrogens with zero attached hydrogens (tertiary/aromatic N) is 2. The highest BCUT2D eigenvalue weighted by Gasteiger charge is 2.37. The minimum Gasteiger partial charge on any atom is -0.394 e. The number of fused-ring (bicyclic) bond motifs is 1. The number of benzene rings is 2. The van der Waals surface area contributed by atoms with E-state index < -0.39 is 158 Å². The number of primary amides is 2. The van der Waals surface area contributed by atoms with Gasteiger partial charge in [0.1, 0.15) is 61.0 Å². The molecule has 0 saturated carbocycles. The van der Waals surface area contributed by atoms with E-state index >= 15 is 0 Å². The number of imidazole rings is 1. The minimum atomic E-state index is -1.88. The molecule has 35 heteroatoms. The van der Waals surface area contributed by atoms with Crippen molar-refractivity contribution in [2.75, 3.05) is 52.7 Å². The molecule has 113 heavy (non-hydrogen) atoms. The summed E-state index contributed by atoms with van der Waals surface area (Å²) >= 11 is 0. The van der Waals surface area contributed by atoms with Crippen molar-refractivity contribution in [3.05, 3.63) is 90.1 Å². The molecule has 9 atom stereocenters. The highest BCUT2D eigenvalue weighted by molar-refractivity contribution is 6.00. The number of aliphatic hydroxyl groups excluding tert-OH is 1. The molecular formula is C78H121N19O16. The highest BCUT2D eigenvalue weighted by atomic mass is 16.5. The van der Waals surface area contributed by atoms with Crippen molar-refractivity contribution < 1.29 is 76.9 Å². The molecule has 1 fully saturated rings. The molecule has 0 spiro atoms. The summed E-state index contributed by atoms with van der Waals surface area (Å²) in [7, 11) is 0. The maximum atomic E-state index is 14.9. The minimum absolute atomic E-state index is 0.000478. The second-order valence-electron chi connectivity index (χ2n) is 28.4. The van der Waals surface area contributed by atoms with Gasteiger partial charge in [0.25, 0.3) is 0 Å². The molecule has 3 heterocycles. The predicted molar refractivity (Wildman–Crippen MR) is 422 cm³/mol. The number of carbonyl (C=O) groups is 13. The Morgan fingerprint density at radius 2 is 1.21 bits per heavy atom. The standard InChI is InChI=1S/C78H121N19O16/c1-3-5-7-8-9-10-11-12-13-14-15-16-20-33-66(100)85-38-39-112-40-41-113-49-68(102)89-62(44-53-47-83-50-88-53)75(109)97-64(48-98)77(111)92-57(29-6-4-2)70(104)93-59-34-35-67(101)84-36-24-23-31-56(69(80)103)90-74(108)61(43-52-46-87-55-30-22-21-28-54(52)55)95-71(105)58(32-25-37-86-78(81)82)91-73(107)60(42-51-26-18-17-19-27-51)94-76(110)63(45-65(79)99)96-72(59)106/h17-19,21-22,26-28,30,46-47,50,56-64,87,98H,3-16,20,23-25,29,31-45,48-49H2,1-2H3,(H2,79,99)(H2,80,103)(H,83,88)(H,84,101)(H,85,100)(H,89,102)(H,90,108)(H,91,107)(H,92,111)(H,93,104)(H,94,110)(H,95,105)(H,96,106)(H,97,109)(H4,81,82,86)/t56-,57+,58+,59+,60-,61+,62+,63+,64+/m1/s1. The molecule has 0 bridgehead atoms. The van der Waals surface area contributed by atoms with Crippen molar-refractivity contribution >= 4 is 93.7 Å². The average Bonchev–Trinajstić information content (AvgIpc) is 1.73. The third kappa shape index (κ3) is 37.1. The Morgan fingerprint density at radius 3 is 1.88 bits per heavy atom. The number of aromatic nitrogens is 3. The monoisotopic (exact) mass is 1580 g/mol. The smallest absolute Gasteiger partial charge is 0.246 e. The molecule has 22 N–H and O–H groups in total. The number of hydrogen-bond donors (Lipinski definition) is 18. The topological polar surface area (TPSA) is 554 Å².